The van der Waals surface area contributed by atoms with Crippen molar-refractivity contribution in [1.29, 1.82) is 0 Å². The average molecular weight is 248 g/mol. The maximum Gasteiger partial charge on any atom is 0.121 e. The minimum atomic E-state index is 0.746. The zero-order valence-corrected chi connectivity index (χ0v) is 11.3. The standard InChI is InChI=1S/C15H24N2O/c1-2-8-17(12-13-6-7-13)9-10-18-15-5-3-4-14(16)11-15/h3-5,11,13H,2,6-10,12,16H2,1H3. The third-order valence-corrected chi connectivity index (χ3v) is 3.29. The fourth-order valence-corrected chi connectivity index (χ4v) is 2.17. The van der Waals surface area contributed by atoms with Gasteiger partial charge in [-0.1, -0.05) is 13.0 Å². The summed E-state index contributed by atoms with van der Waals surface area (Å²) in [6.07, 6.45) is 4.04. The molecule has 0 amide bonds. The smallest absolute Gasteiger partial charge is 0.121 e. The Morgan fingerprint density at radius 3 is 2.83 bits per heavy atom. The van der Waals surface area contributed by atoms with Crippen molar-refractivity contribution in [3.8, 4) is 5.75 Å². The number of nitrogens with zero attached hydrogens (tertiary/aromatic N) is 1. The normalized spacial score (nSPS) is 15.0. The maximum atomic E-state index is 5.74. The number of nitrogen functional groups attached to an aromatic ring is 1. The molecule has 2 N–H and O–H groups in total. The van der Waals surface area contributed by atoms with Gasteiger partial charge in [0.25, 0.3) is 0 Å². The van der Waals surface area contributed by atoms with Crippen molar-refractivity contribution < 1.29 is 4.74 Å². The molecule has 1 aromatic rings. The molecule has 1 aliphatic carbocycles. The summed E-state index contributed by atoms with van der Waals surface area (Å²) in [6, 6.07) is 7.65. The quantitative estimate of drug-likeness (QED) is 0.719. The molecule has 0 radical (unpaired) electrons. The van der Waals surface area contributed by atoms with E-state index in [-0.39, 0.29) is 0 Å². The van der Waals surface area contributed by atoms with Crippen molar-refractivity contribution in [3.63, 3.8) is 0 Å². The largest absolute Gasteiger partial charge is 0.492 e. The van der Waals surface area contributed by atoms with Gasteiger partial charge < -0.3 is 10.5 Å². The molecule has 18 heavy (non-hydrogen) atoms. The van der Waals surface area contributed by atoms with E-state index in [1.54, 1.807) is 0 Å². The molecule has 0 aliphatic heterocycles. The van der Waals surface area contributed by atoms with Crippen molar-refractivity contribution >= 4 is 5.69 Å². The van der Waals surface area contributed by atoms with Crippen molar-refractivity contribution in [2.45, 2.75) is 26.2 Å². The van der Waals surface area contributed by atoms with Crippen LogP contribution in [0, 0.1) is 5.92 Å². The second-order valence-electron chi connectivity index (χ2n) is 5.16. The minimum absolute atomic E-state index is 0.746. The summed E-state index contributed by atoms with van der Waals surface area (Å²) in [4.78, 5) is 2.52. The molecule has 3 heteroatoms. The fourth-order valence-electron chi connectivity index (χ4n) is 2.17. The number of nitrogens with two attached hydrogens (primary N) is 1. The number of ether oxygens (including phenoxy) is 1. The second kappa shape index (κ2) is 6.64. The number of hydrogen-bond donors (Lipinski definition) is 1. The lowest BCUT2D eigenvalue weighted by Crippen LogP contribution is -2.31. The molecule has 0 aromatic heterocycles. The van der Waals surface area contributed by atoms with Gasteiger partial charge in [-0.2, -0.15) is 0 Å². The molecule has 1 aromatic carbocycles. The Hall–Kier alpha value is -1.22. The molecule has 1 saturated carbocycles. The summed E-state index contributed by atoms with van der Waals surface area (Å²) in [7, 11) is 0. The van der Waals surface area contributed by atoms with Crippen LogP contribution < -0.4 is 10.5 Å². The SMILES string of the molecule is CCCN(CCOc1cccc(N)c1)CC1CC1. The van der Waals surface area contributed by atoms with E-state index >= 15 is 0 Å². The summed E-state index contributed by atoms with van der Waals surface area (Å²) in [5.74, 6) is 1.82. The van der Waals surface area contributed by atoms with Crippen LogP contribution in [-0.4, -0.2) is 31.1 Å². The lowest BCUT2D eigenvalue weighted by molar-refractivity contribution is 0.203. The highest BCUT2D eigenvalue weighted by atomic mass is 16.5. The van der Waals surface area contributed by atoms with Crippen molar-refractivity contribution in [1.82, 2.24) is 4.90 Å². The monoisotopic (exact) mass is 248 g/mol. The van der Waals surface area contributed by atoms with Crippen LogP contribution in [0.4, 0.5) is 5.69 Å². The Morgan fingerprint density at radius 2 is 2.17 bits per heavy atom. The Balaban J connectivity index is 1.71. The van der Waals surface area contributed by atoms with Crippen LogP contribution in [0.5, 0.6) is 5.75 Å². The first-order valence-electron chi connectivity index (χ1n) is 6.98. The van der Waals surface area contributed by atoms with Gasteiger partial charge in [-0.25, -0.2) is 0 Å². The van der Waals surface area contributed by atoms with E-state index in [0.29, 0.717) is 0 Å². The van der Waals surface area contributed by atoms with Crippen LogP contribution in [-0.2, 0) is 0 Å². The topological polar surface area (TPSA) is 38.5 Å². The molecular weight excluding hydrogens is 224 g/mol. The zero-order valence-electron chi connectivity index (χ0n) is 11.3. The Bertz CT molecular complexity index is 363. The second-order valence-corrected chi connectivity index (χ2v) is 5.16. The van der Waals surface area contributed by atoms with E-state index in [1.165, 1.54) is 32.4 Å². The summed E-state index contributed by atoms with van der Waals surface area (Å²) >= 11 is 0. The number of anilines is 1. The maximum absolute atomic E-state index is 5.74. The number of benzene rings is 1. The average Bonchev–Trinajstić information content (AvgIpc) is 3.13. The summed E-state index contributed by atoms with van der Waals surface area (Å²) in [5, 5.41) is 0. The summed E-state index contributed by atoms with van der Waals surface area (Å²) < 4.78 is 5.74. The molecule has 2 rings (SSSR count). The first-order chi connectivity index (χ1) is 8.78. The molecule has 1 fully saturated rings. The molecule has 0 heterocycles. The summed E-state index contributed by atoms with van der Waals surface area (Å²) in [5.41, 5.74) is 6.48. The van der Waals surface area contributed by atoms with Gasteiger partial charge in [0.15, 0.2) is 0 Å². The first kappa shape index (κ1) is 13.2. The molecule has 0 spiro atoms. The van der Waals surface area contributed by atoms with E-state index in [2.05, 4.69) is 11.8 Å². The van der Waals surface area contributed by atoms with E-state index in [4.69, 9.17) is 10.5 Å². The van der Waals surface area contributed by atoms with E-state index < -0.39 is 0 Å². The highest BCUT2D eigenvalue weighted by Crippen LogP contribution is 2.29. The number of hydrogen-bond acceptors (Lipinski definition) is 3. The van der Waals surface area contributed by atoms with Crippen LogP contribution in [0.2, 0.25) is 0 Å². The van der Waals surface area contributed by atoms with Crippen LogP contribution in [0.1, 0.15) is 26.2 Å². The van der Waals surface area contributed by atoms with Crippen LogP contribution in [0.15, 0.2) is 24.3 Å². The highest BCUT2D eigenvalue weighted by molar-refractivity contribution is 5.43. The predicted molar refractivity (Wildman–Crippen MR) is 75.8 cm³/mol. The van der Waals surface area contributed by atoms with Crippen molar-refractivity contribution in [3.05, 3.63) is 24.3 Å². The molecule has 100 valence electrons. The van der Waals surface area contributed by atoms with Gasteiger partial charge in [0, 0.05) is 24.8 Å². The Morgan fingerprint density at radius 1 is 1.33 bits per heavy atom. The lowest BCUT2D eigenvalue weighted by atomic mass is 10.3. The van der Waals surface area contributed by atoms with Gasteiger partial charge in [-0.05, 0) is 43.9 Å². The van der Waals surface area contributed by atoms with Crippen LogP contribution >= 0.6 is 0 Å². The molecule has 0 saturated heterocycles. The fraction of sp³-hybridized carbons (Fsp3) is 0.600. The van der Waals surface area contributed by atoms with Gasteiger partial charge in [-0.15, -0.1) is 0 Å². The Kier molecular flexibility index (Phi) is 4.88. The molecule has 0 bridgehead atoms. The molecule has 3 nitrogen and oxygen atoms in total. The van der Waals surface area contributed by atoms with Crippen LogP contribution in [0.3, 0.4) is 0 Å². The van der Waals surface area contributed by atoms with Gasteiger partial charge >= 0.3 is 0 Å². The molecule has 0 unspecified atom stereocenters. The van der Waals surface area contributed by atoms with Gasteiger partial charge in [-0.3, -0.25) is 4.90 Å². The molecular formula is C15H24N2O. The predicted octanol–water partition coefficient (Wildman–Crippen LogP) is 2.77. The summed E-state index contributed by atoms with van der Waals surface area (Å²) in [6.45, 7) is 6.42. The van der Waals surface area contributed by atoms with E-state index in [1.807, 2.05) is 24.3 Å². The molecule has 0 atom stereocenters. The highest BCUT2D eigenvalue weighted by Gasteiger charge is 2.23. The van der Waals surface area contributed by atoms with Crippen LogP contribution in [0.25, 0.3) is 0 Å². The lowest BCUT2D eigenvalue weighted by Gasteiger charge is -2.21. The van der Waals surface area contributed by atoms with Gasteiger partial charge in [0.05, 0.1) is 0 Å². The third kappa shape index (κ3) is 4.57. The third-order valence-electron chi connectivity index (χ3n) is 3.29. The van der Waals surface area contributed by atoms with Crippen molar-refractivity contribution in [2.24, 2.45) is 5.92 Å². The number of rotatable bonds is 8. The molecule has 1 aliphatic rings. The van der Waals surface area contributed by atoms with Gasteiger partial charge in [0.1, 0.15) is 12.4 Å². The van der Waals surface area contributed by atoms with Gasteiger partial charge in [0.2, 0.25) is 0 Å². The first-order valence-corrected chi connectivity index (χ1v) is 6.98. The Labute approximate surface area is 110 Å². The van der Waals surface area contributed by atoms with E-state index in [0.717, 1.165) is 30.5 Å². The zero-order chi connectivity index (χ0) is 12.8. The van der Waals surface area contributed by atoms with Crippen molar-refractivity contribution in [2.75, 3.05) is 32.0 Å². The minimum Gasteiger partial charge on any atom is -0.492 e. The van der Waals surface area contributed by atoms with E-state index in [9.17, 15) is 0 Å².